The molecule has 4 heteroatoms. The second kappa shape index (κ2) is 4.74. The summed E-state index contributed by atoms with van der Waals surface area (Å²) in [6, 6.07) is 5.12. The Bertz CT molecular complexity index is 402. The van der Waals surface area contributed by atoms with E-state index in [-0.39, 0.29) is 11.4 Å². The fraction of sp³-hybridized carbons (Fsp3) is 0.417. The summed E-state index contributed by atoms with van der Waals surface area (Å²) in [7, 11) is 0. The van der Waals surface area contributed by atoms with Crippen LogP contribution in [0, 0.1) is 5.41 Å². The van der Waals surface area contributed by atoms with Crippen molar-refractivity contribution in [2.24, 2.45) is 5.73 Å². The van der Waals surface area contributed by atoms with Crippen LogP contribution in [0.4, 0.5) is 0 Å². The van der Waals surface area contributed by atoms with Crippen LogP contribution < -0.4 is 10.5 Å². The lowest BCUT2D eigenvalue weighted by Crippen LogP contribution is -2.27. The Morgan fingerprint density at radius 1 is 1.50 bits per heavy atom. The summed E-state index contributed by atoms with van der Waals surface area (Å²) >= 11 is 6.06. The van der Waals surface area contributed by atoms with Gasteiger partial charge in [-0.15, -0.1) is 0 Å². The van der Waals surface area contributed by atoms with Gasteiger partial charge < -0.3 is 10.5 Å². The molecule has 0 heterocycles. The van der Waals surface area contributed by atoms with Crippen molar-refractivity contribution in [3.63, 3.8) is 0 Å². The highest BCUT2D eigenvalue weighted by molar-refractivity contribution is 6.32. The van der Waals surface area contributed by atoms with Gasteiger partial charge in [0.25, 0.3) is 0 Å². The van der Waals surface area contributed by atoms with Gasteiger partial charge in [-0.2, -0.15) is 0 Å². The fourth-order valence-electron chi connectivity index (χ4n) is 1.12. The lowest BCUT2D eigenvalue weighted by Gasteiger charge is -2.25. The minimum Gasteiger partial charge on any atom is -0.486 e. The van der Waals surface area contributed by atoms with Gasteiger partial charge >= 0.3 is 0 Å². The molecule has 3 N–H and O–H groups in total. The molecule has 0 aliphatic heterocycles. The minimum atomic E-state index is -0.249. The van der Waals surface area contributed by atoms with Crippen molar-refractivity contribution < 1.29 is 4.74 Å². The number of hydrogen-bond donors (Lipinski definition) is 2. The van der Waals surface area contributed by atoms with Gasteiger partial charge in [-0.05, 0) is 38.5 Å². The molecule has 3 nitrogen and oxygen atoms in total. The van der Waals surface area contributed by atoms with Crippen LogP contribution in [0.5, 0.6) is 5.75 Å². The lowest BCUT2D eigenvalue weighted by molar-refractivity contribution is 0.105. The Kier molecular flexibility index (Phi) is 3.81. The molecule has 0 saturated heterocycles. The van der Waals surface area contributed by atoms with E-state index in [0.717, 1.165) is 6.42 Å². The van der Waals surface area contributed by atoms with Crippen LogP contribution in [-0.2, 0) is 0 Å². The maximum Gasteiger partial charge on any atom is 0.138 e. The number of hydrogen-bond acceptors (Lipinski definition) is 2. The zero-order chi connectivity index (χ0) is 12.3. The van der Waals surface area contributed by atoms with Crippen molar-refractivity contribution >= 4 is 17.4 Å². The Labute approximate surface area is 101 Å². The van der Waals surface area contributed by atoms with Gasteiger partial charge in [0.2, 0.25) is 0 Å². The monoisotopic (exact) mass is 240 g/mol. The normalized spacial score (nSPS) is 11.2. The van der Waals surface area contributed by atoms with Gasteiger partial charge in [-0.25, -0.2) is 0 Å². The number of amidine groups is 1. The molecule has 0 saturated carbocycles. The molecule has 1 aromatic rings. The average molecular weight is 241 g/mol. The van der Waals surface area contributed by atoms with Gasteiger partial charge in [0, 0.05) is 5.56 Å². The first-order valence-electron chi connectivity index (χ1n) is 5.18. The van der Waals surface area contributed by atoms with E-state index in [4.69, 9.17) is 27.5 Å². The van der Waals surface area contributed by atoms with Crippen molar-refractivity contribution in [2.45, 2.75) is 32.8 Å². The van der Waals surface area contributed by atoms with E-state index in [1.165, 1.54) is 0 Å². The van der Waals surface area contributed by atoms with Crippen LogP contribution >= 0.6 is 11.6 Å². The first-order valence-corrected chi connectivity index (χ1v) is 5.56. The predicted molar refractivity (Wildman–Crippen MR) is 67.5 cm³/mol. The molecule has 0 aliphatic rings. The summed E-state index contributed by atoms with van der Waals surface area (Å²) in [5, 5.41) is 7.78. The molecule has 0 aliphatic carbocycles. The van der Waals surface area contributed by atoms with Gasteiger partial charge in [0.05, 0.1) is 5.02 Å². The number of ether oxygens (including phenoxy) is 1. The van der Waals surface area contributed by atoms with Crippen LogP contribution in [0.15, 0.2) is 18.2 Å². The van der Waals surface area contributed by atoms with E-state index in [2.05, 4.69) is 6.92 Å². The summed E-state index contributed by atoms with van der Waals surface area (Å²) in [5.74, 6) is 0.627. The van der Waals surface area contributed by atoms with Crippen LogP contribution in [0.2, 0.25) is 5.02 Å². The second-order valence-electron chi connectivity index (χ2n) is 4.27. The Balaban J connectivity index is 2.96. The average Bonchev–Trinajstić information content (AvgIpc) is 2.20. The summed E-state index contributed by atoms with van der Waals surface area (Å²) in [6.07, 6.45) is 0.887. The van der Waals surface area contributed by atoms with Crippen molar-refractivity contribution in [2.75, 3.05) is 0 Å². The Morgan fingerprint density at radius 3 is 2.56 bits per heavy atom. The molecule has 0 atom stereocenters. The molecule has 0 aromatic heterocycles. The van der Waals surface area contributed by atoms with Crippen LogP contribution in [0.3, 0.4) is 0 Å². The zero-order valence-corrected chi connectivity index (χ0v) is 10.6. The van der Waals surface area contributed by atoms with E-state index in [9.17, 15) is 0 Å². The van der Waals surface area contributed by atoms with Crippen LogP contribution in [0.25, 0.3) is 0 Å². The van der Waals surface area contributed by atoms with Crippen molar-refractivity contribution in [1.29, 1.82) is 5.41 Å². The molecule has 16 heavy (non-hydrogen) atoms. The molecule has 0 radical (unpaired) electrons. The quantitative estimate of drug-likeness (QED) is 0.627. The van der Waals surface area contributed by atoms with E-state index in [1.54, 1.807) is 18.2 Å². The molecular formula is C12H17ClN2O. The Hall–Kier alpha value is -1.22. The maximum atomic E-state index is 7.30. The van der Waals surface area contributed by atoms with Gasteiger partial charge in [0.15, 0.2) is 0 Å². The predicted octanol–water partition coefficient (Wildman–Crippen LogP) is 3.19. The SMILES string of the molecule is CCC(C)(C)Oc1ccc(C(=N)N)cc1Cl. The number of halogens is 1. The summed E-state index contributed by atoms with van der Waals surface area (Å²) < 4.78 is 5.77. The standard InChI is InChI=1S/C12H17ClN2O/c1-4-12(2,3)16-10-6-5-8(11(14)15)7-9(10)13/h5-7H,4H2,1-3H3,(H3,14,15). The molecular weight excluding hydrogens is 224 g/mol. The molecule has 0 unspecified atom stereocenters. The highest BCUT2D eigenvalue weighted by atomic mass is 35.5. The highest BCUT2D eigenvalue weighted by Gasteiger charge is 2.18. The van der Waals surface area contributed by atoms with Gasteiger partial charge in [0.1, 0.15) is 17.2 Å². The minimum absolute atomic E-state index is 0.00296. The third-order valence-electron chi connectivity index (χ3n) is 2.48. The maximum absolute atomic E-state index is 7.30. The van der Waals surface area contributed by atoms with Crippen LogP contribution in [-0.4, -0.2) is 11.4 Å². The van der Waals surface area contributed by atoms with Crippen LogP contribution in [0.1, 0.15) is 32.8 Å². The number of rotatable bonds is 4. The fourth-order valence-corrected chi connectivity index (χ4v) is 1.34. The summed E-state index contributed by atoms with van der Waals surface area (Å²) in [6.45, 7) is 6.06. The summed E-state index contributed by atoms with van der Waals surface area (Å²) in [4.78, 5) is 0. The molecule has 88 valence electrons. The highest BCUT2D eigenvalue weighted by Crippen LogP contribution is 2.29. The molecule has 0 amide bonds. The third kappa shape index (κ3) is 3.14. The van der Waals surface area contributed by atoms with E-state index in [1.807, 2.05) is 13.8 Å². The van der Waals surface area contributed by atoms with Crippen molar-refractivity contribution in [3.05, 3.63) is 28.8 Å². The third-order valence-corrected chi connectivity index (χ3v) is 2.78. The first-order chi connectivity index (χ1) is 7.35. The number of nitrogen functional groups attached to an aromatic ring is 1. The van der Waals surface area contributed by atoms with Gasteiger partial charge in [-0.3, -0.25) is 5.41 Å². The number of nitrogens with two attached hydrogens (primary N) is 1. The number of benzene rings is 1. The molecule has 1 aromatic carbocycles. The smallest absolute Gasteiger partial charge is 0.138 e. The Morgan fingerprint density at radius 2 is 2.12 bits per heavy atom. The molecule has 0 spiro atoms. The van der Waals surface area contributed by atoms with Gasteiger partial charge in [-0.1, -0.05) is 18.5 Å². The topological polar surface area (TPSA) is 59.1 Å². The van der Waals surface area contributed by atoms with Crippen molar-refractivity contribution in [3.8, 4) is 5.75 Å². The van der Waals surface area contributed by atoms with E-state index >= 15 is 0 Å². The molecule has 0 fully saturated rings. The molecule has 0 bridgehead atoms. The van der Waals surface area contributed by atoms with E-state index < -0.39 is 0 Å². The largest absolute Gasteiger partial charge is 0.486 e. The van der Waals surface area contributed by atoms with Crippen molar-refractivity contribution in [1.82, 2.24) is 0 Å². The number of nitrogens with one attached hydrogen (secondary N) is 1. The molecule has 1 rings (SSSR count). The zero-order valence-electron chi connectivity index (χ0n) is 9.80. The lowest BCUT2D eigenvalue weighted by atomic mass is 10.1. The first kappa shape index (κ1) is 12.8. The van der Waals surface area contributed by atoms with E-state index in [0.29, 0.717) is 16.3 Å². The summed E-state index contributed by atoms with van der Waals surface area (Å²) in [5.41, 5.74) is 5.72. The second-order valence-corrected chi connectivity index (χ2v) is 4.68.